The number of hydrogen-bond acceptors (Lipinski definition) is 3. The van der Waals surface area contributed by atoms with E-state index in [9.17, 15) is 13.2 Å². The number of hydrogen-bond donors (Lipinski definition) is 1. The highest BCUT2D eigenvalue weighted by molar-refractivity contribution is 5.55. The Bertz CT molecular complexity index is 612. The van der Waals surface area contributed by atoms with E-state index in [1.807, 2.05) is 6.92 Å². The molecule has 106 valence electrons. The summed E-state index contributed by atoms with van der Waals surface area (Å²) >= 11 is 0. The highest BCUT2D eigenvalue weighted by Gasteiger charge is 2.31. The summed E-state index contributed by atoms with van der Waals surface area (Å²) in [6, 6.07) is 6.88. The zero-order chi connectivity index (χ0) is 14.8. The second-order valence-electron chi connectivity index (χ2n) is 4.21. The van der Waals surface area contributed by atoms with Crippen LogP contribution in [0.5, 0.6) is 11.6 Å². The van der Waals surface area contributed by atoms with E-state index in [4.69, 9.17) is 10.5 Å². The third-order valence-electron chi connectivity index (χ3n) is 2.76. The van der Waals surface area contributed by atoms with Gasteiger partial charge in [-0.05, 0) is 30.2 Å². The maximum Gasteiger partial charge on any atom is 0.416 e. The molecule has 0 unspecified atom stereocenters. The topological polar surface area (TPSA) is 48.1 Å². The Morgan fingerprint density at radius 2 is 1.95 bits per heavy atom. The van der Waals surface area contributed by atoms with E-state index in [0.717, 1.165) is 30.3 Å². The smallest absolute Gasteiger partial charge is 0.416 e. The molecule has 0 radical (unpaired) electrons. The van der Waals surface area contributed by atoms with Gasteiger partial charge in [0.2, 0.25) is 5.88 Å². The second kappa shape index (κ2) is 5.40. The molecule has 0 saturated carbocycles. The summed E-state index contributed by atoms with van der Waals surface area (Å²) in [6.45, 7) is 1.98. The van der Waals surface area contributed by atoms with Crippen molar-refractivity contribution in [3.63, 3.8) is 0 Å². The quantitative estimate of drug-likeness (QED) is 0.864. The number of nitrogen functional groups attached to an aromatic ring is 1. The minimum absolute atomic E-state index is 0.143. The van der Waals surface area contributed by atoms with E-state index >= 15 is 0 Å². The number of anilines is 1. The van der Waals surface area contributed by atoms with Crippen molar-refractivity contribution >= 4 is 5.69 Å². The van der Waals surface area contributed by atoms with Crippen molar-refractivity contribution in [2.24, 2.45) is 0 Å². The molecule has 20 heavy (non-hydrogen) atoms. The highest BCUT2D eigenvalue weighted by atomic mass is 19.4. The molecule has 0 fully saturated rings. The fraction of sp³-hybridized carbons (Fsp3) is 0.214. The fourth-order valence-electron chi connectivity index (χ4n) is 1.67. The first-order valence-corrected chi connectivity index (χ1v) is 5.99. The maximum atomic E-state index is 12.6. The van der Waals surface area contributed by atoms with Gasteiger partial charge in [0.25, 0.3) is 0 Å². The van der Waals surface area contributed by atoms with Crippen molar-refractivity contribution in [1.82, 2.24) is 4.98 Å². The lowest BCUT2D eigenvalue weighted by molar-refractivity contribution is -0.137. The molecule has 2 rings (SSSR count). The zero-order valence-corrected chi connectivity index (χ0v) is 10.7. The molecular formula is C14H13F3N2O. The first-order chi connectivity index (χ1) is 9.40. The number of aryl methyl sites for hydroxylation is 1. The summed E-state index contributed by atoms with van der Waals surface area (Å²) in [5.41, 5.74) is 6.36. The molecule has 2 N–H and O–H groups in total. The lowest BCUT2D eigenvalue weighted by atomic mass is 10.1. The third kappa shape index (κ3) is 3.20. The Labute approximate surface area is 114 Å². The molecule has 1 heterocycles. The van der Waals surface area contributed by atoms with Crippen LogP contribution in [-0.4, -0.2) is 4.98 Å². The Kier molecular flexibility index (Phi) is 3.83. The van der Waals surface area contributed by atoms with Gasteiger partial charge in [0.15, 0.2) is 5.75 Å². The number of nitrogens with zero attached hydrogens (tertiary/aromatic N) is 1. The normalized spacial score (nSPS) is 11.4. The minimum Gasteiger partial charge on any atom is -0.437 e. The Morgan fingerprint density at radius 3 is 2.55 bits per heavy atom. The van der Waals surface area contributed by atoms with E-state index < -0.39 is 11.7 Å². The van der Waals surface area contributed by atoms with E-state index in [1.165, 1.54) is 0 Å². The summed E-state index contributed by atoms with van der Waals surface area (Å²) in [6.07, 6.45) is -2.57. The van der Waals surface area contributed by atoms with Crippen molar-refractivity contribution in [3.8, 4) is 11.6 Å². The van der Waals surface area contributed by atoms with Crippen LogP contribution < -0.4 is 10.5 Å². The SMILES string of the molecule is CCc1ccc(Oc2cc(C(F)(F)F)ccn2)c(N)c1. The lowest BCUT2D eigenvalue weighted by Gasteiger charge is -2.11. The summed E-state index contributed by atoms with van der Waals surface area (Å²) in [5.74, 6) is 0.143. The summed E-state index contributed by atoms with van der Waals surface area (Å²) in [7, 11) is 0. The molecule has 0 amide bonds. The third-order valence-corrected chi connectivity index (χ3v) is 2.76. The number of aromatic nitrogens is 1. The largest absolute Gasteiger partial charge is 0.437 e. The number of halogens is 3. The van der Waals surface area contributed by atoms with Crippen LogP contribution in [0.15, 0.2) is 36.5 Å². The Hall–Kier alpha value is -2.24. The van der Waals surface area contributed by atoms with E-state index in [-0.39, 0.29) is 11.6 Å². The minimum atomic E-state index is -4.43. The van der Waals surface area contributed by atoms with Gasteiger partial charge < -0.3 is 10.5 Å². The number of alkyl halides is 3. The number of nitrogens with two attached hydrogens (primary N) is 1. The van der Waals surface area contributed by atoms with Crippen molar-refractivity contribution < 1.29 is 17.9 Å². The van der Waals surface area contributed by atoms with Gasteiger partial charge in [0.05, 0.1) is 11.3 Å². The molecule has 0 bridgehead atoms. The average molecular weight is 282 g/mol. The molecule has 3 nitrogen and oxygen atoms in total. The van der Waals surface area contributed by atoms with Crippen LogP contribution >= 0.6 is 0 Å². The van der Waals surface area contributed by atoms with Crippen molar-refractivity contribution in [2.45, 2.75) is 19.5 Å². The lowest BCUT2D eigenvalue weighted by Crippen LogP contribution is -2.05. The molecule has 0 spiro atoms. The maximum absolute atomic E-state index is 12.6. The number of ether oxygens (including phenoxy) is 1. The molecule has 0 atom stereocenters. The predicted octanol–water partition coefficient (Wildman–Crippen LogP) is 4.04. The monoisotopic (exact) mass is 282 g/mol. The van der Waals surface area contributed by atoms with Gasteiger partial charge in [-0.25, -0.2) is 4.98 Å². The highest BCUT2D eigenvalue weighted by Crippen LogP contribution is 2.33. The van der Waals surface area contributed by atoms with Gasteiger partial charge in [0.1, 0.15) is 0 Å². The van der Waals surface area contributed by atoms with Crippen LogP contribution in [-0.2, 0) is 12.6 Å². The summed E-state index contributed by atoms with van der Waals surface area (Å²) in [5, 5.41) is 0. The van der Waals surface area contributed by atoms with Gasteiger partial charge in [-0.15, -0.1) is 0 Å². The molecule has 0 aliphatic rings. The number of rotatable bonds is 3. The van der Waals surface area contributed by atoms with Gasteiger partial charge in [0, 0.05) is 12.3 Å². The van der Waals surface area contributed by atoms with Gasteiger partial charge >= 0.3 is 6.18 Å². The molecule has 6 heteroatoms. The van der Waals surface area contributed by atoms with Crippen LogP contribution in [0.25, 0.3) is 0 Å². The standard InChI is InChI=1S/C14H13F3N2O/c1-2-9-3-4-12(11(18)7-9)20-13-8-10(5-6-19-13)14(15,16)17/h3-8H,2,18H2,1H3. The zero-order valence-electron chi connectivity index (χ0n) is 10.7. The van der Waals surface area contributed by atoms with Crippen molar-refractivity contribution in [3.05, 3.63) is 47.7 Å². The van der Waals surface area contributed by atoms with Crippen molar-refractivity contribution in [1.29, 1.82) is 0 Å². The molecule has 0 saturated heterocycles. The van der Waals surface area contributed by atoms with Crippen LogP contribution in [0, 0.1) is 0 Å². The van der Waals surface area contributed by atoms with Crippen LogP contribution in [0.4, 0.5) is 18.9 Å². The molecule has 1 aromatic carbocycles. The first kappa shape index (κ1) is 14.2. The van der Waals surface area contributed by atoms with Crippen LogP contribution in [0.1, 0.15) is 18.1 Å². The van der Waals surface area contributed by atoms with Gasteiger partial charge in [-0.3, -0.25) is 0 Å². The van der Waals surface area contributed by atoms with Crippen LogP contribution in [0.2, 0.25) is 0 Å². The Balaban J connectivity index is 2.26. The van der Waals surface area contributed by atoms with Crippen molar-refractivity contribution in [2.75, 3.05) is 5.73 Å². The van der Waals surface area contributed by atoms with E-state index in [2.05, 4.69) is 4.98 Å². The summed E-state index contributed by atoms with van der Waals surface area (Å²) in [4.78, 5) is 3.75. The van der Waals surface area contributed by atoms with Crippen LogP contribution in [0.3, 0.4) is 0 Å². The van der Waals surface area contributed by atoms with Gasteiger partial charge in [-0.2, -0.15) is 13.2 Å². The molecule has 1 aromatic heterocycles. The Morgan fingerprint density at radius 1 is 1.20 bits per heavy atom. The molecule has 0 aliphatic carbocycles. The molecular weight excluding hydrogens is 269 g/mol. The average Bonchev–Trinajstić information content (AvgIpc) is 2.40. The number of benzene rings is 1. The fourth-order valence-corrected chi connectivity index (χ4v) is 1.67. The molecule has 2 aromatic rings. The summed E-state index contributed by atoms with van der Waals surface area (Å²) < 4.78 is 43.0. The predicted molar refractivity (Wildman–Crippen MR) is 69.5 cm³/mol. The number of pyridine rings is 1. The van der Waals surface area contributed by atoms with E-state index in [0.29, 0.717) is 5.69 Å². The van der Waals surface area contributed by atoms with E-state index in [1.54, 1.807) is 18.2 Å². The molecule has 0 aliphatic heterocycles. The second-order valence-corrected chi connectivity index (χ2v) is 4.21. The van der Waals surface area contributed by atoms with Gasteiger partial charge in [-0.1, -0.05) is 13.0 Å². The first-order valence-electron chi connectivity index (χ1n) is 5.99.